The molecule has 0 saturated carbocycles. The molecule has 0 spiro atoms. The summed E-state index contributed by atoms with van der Waals surface area (Å²) in [4.78, 5) is 0. The van der Waals surface area contributed by atoms with Gasteiger partial charge in [0.1, 0.15) is 24.0 Å². The number of unbranched alkanes of at least 4 members (excludes halogenated alkanes) is 6. The average molecular weight is 298 g/mol. The highest BCUT2D eigenvalue weighted by Gasteiger charge is 1.95. The first kappa shape index (κ1) is 19.9. The fourth-order valence-electron chi connectivity index (χ4n) is 1.88. The molecular weight excluding hydrogens is 264 g/mol. The zero-order valence-electron chi connectivity index (χ0n) is 14.5. The minimum absolute atomic E-state index is 0.758. The number of rotatable bonds is 14. The van der Waals surface area contributed by atoms with Gasteiger partial charge in [-0.25, -0.2) is 0 Å². The van der Waals surface area contributed by atoms with Crippen LogP contribution in [0.4, 0.5) is 0 Å². The van der Waals surface area contributed by atoms with Gasteiger partial charge in [0.05, 0.1) is 13.2 Å². The molecule has 3 nitrogen and oxygen atoms in total. The van der Waals surface area contributed by atoms with Gasteiger partial charge < -0.3 is 14.2 Å². The van der Waals surface area contributed by atoms with Crippen LogP contribution < -0.4 is 0 Å². The molecule has 124 valence electrons. The van der Waals surface area contributed by atoms with Gasteiger partial charge >= 0.3 is 0 Å². The van der Waals surface area contributed by atoms with Crippen LogP contribution in [0, 0.1) is 0 Å². The van der Waals surface area contributed by atoms with Gasteiger partial charge in [-0.3, -0.25) is 0 Å². The molecule has 0 aromatic heterocycles. The predicted octanol–water partition coefficient (Wildman–Crippen LogP) is 5.92. The second-order valence-electron chi connectivity index (χ2n) is 5.42. The normalized spacial score (nSPS) is 12.4. The van der Waals surface area contributed by atoms with Crippen molar-refractivity contribution in [2.24, 2.45) is 0 Å². The zero-order valence-corrected chi connectivity index (χ0v) is 14.5. The third kappa shape index (κ3) is 15.1. The SMILES string of the molecule is CCCCCCOC=C(C)OC(C)=COCCCCCC. The Labute approximate surface area is 131 Å². The van der Waals surface area contributed by atoms with E-state index in [4.69, 9.17) is 14.2 Å². The number of ether oxygens (including phenoxy) is 3. The number of hydrogen-bond acceptors (Lipinski definition) is 3. The molecule has 0 heterocycles. The summed E-state index contributed by atoms with van der Waals surface area (Å²) in [6.45, 7) is 9.73. The van der Waals surface area contributed by atoms with Crippen LogP contribution in [0.3, 0.4) is 0 Å². The second kappa shape index (κ2) is 15.3. The summed E-state index contributed by atoms with van der Waals surface area (Å²) in [6.07, 6.45) is 13.1. The highest BCUT2D eigenvalue weighted by atomic mass is 16.5. The molecule has 0 aromatic carbocycles. The molecule has 0 aliphatic heterocycles. The van der Waals surface area contributed by atoms with E-state index in [-0.39, 0.29) is 0 Å². The first-order valence-electron chi connectivity index (χ1n) is 8.45. The van der Waals surface area contributed by atoms with Crippen molar-refractivity contribution >= 4 is 0 Å². The Morgan fingerprint density at radius 1 is 0.667 bits per heavy atom. The lowest BCUT2D eigenvalue weighted by atomic mass is 10.2. The fraction of sp³-hybridized carbons (Fsp3) is 0.778. The molecule has 0 aromatic rings. The van der Waals surface area contributed by atoms with Crippen molar-refractivity contribution < 1.29 is 14.2 Å². The highest BCUT2D eigenvalue weighted by Crippen LogP contribution is 2.07. The monoisotopic (exact) mass is 298 g/mol. The minimum Gasteiger partial charge on any atom is -0.498 e. The number of hydrogen-bond donors (Lipinski definition) is 0. The van der Waals surface area contributed by atoms with Crippen LogP contribution in [0.5, 0.6) is 0 Å². The van der Waals surface area contributed by atoms with Crippen LogP contribution in [0.15, 0.2) is 24.0 Å². The Kier molecular flexibility index (Phi) is 14.5. The minimum atomic E-state index is 0.758. The van der Waals surface area contributed by atoms with Crippen LogP contribution >= 0.6 is 0 Å². The van der Waals surface area contributed by atoms with Crippen molar-refractivity contribution in [1.29, 1.82) is 0 Å². The Bertz CT molecular complexity index is 254. The van der Waals surface area contributed by atoms with E-state index < -0.39 is 0 Å². The van der Waals surface area contributed by atoms with Gasteiger partial charge in [-0.1, -0.05) is 52.4 Å². The Balaban J connectivity index is 3.63. The Morgan fingerprint density at radius 2 is 1.10 bits per heavy atom. The van der Waals surface area contributed by atoms with Crippen molar-refractivity contribution in [3.8, 4) is 0 Å². The lowest BCUT2D eigenvalue weighted by Crippen LogP contribution is -1.93. The van der Waals surface area contributed by atoms with Crippen molar-refractivity contribution in [3.63, 3.8) is 0 Å². The van der Waals surface area contributed by atoms with Crippen LogP contribution in [0.2, 0.25) is 0 Å². The summed E-state index contributed by atoms with van der Waals surface area (Å²) in [5.41, 5.74) is 0. The van der Waals surface area contributed by atoms with E-state index in [1.807, 2.05) is 13.8 Å². The van der Waals surface area contributed by atoms with Gasteiger partial charge in [0.15, 0.2) is 0 Å². The van der Waals surface area contributed by atoms with Crippen molar-refractivity contribution in [3.05, 3.63) is 24.0 Å². The molecule has 0 aliphatic carbocycles. The molecule has 0 radical (unpaired) electrons. The molecular formula is C18H34O3. The summed E-state index contributed by atoms with van der Waals surface area (Å²) in [5, 5.41) is 0. The fourth-order valence-corrected chi connectivity index (χ4v) is 1.88. The largest absolute Gasteiger partial charge is 0.498 e. The van der Waals surface area contributed by atoms with E-state index in [0.29, 0.717) is 0 Å². The third-order valence-corrected chi connectivity index (χ3v) is 3.05. The topological polar surface area (TPSA) is 27.7 Å². The maximum Gasteiger partial charge on any atom is 0.135 e. The van der Waals surface area contributed by atoms with Crippen LogP contribution in [-0.2, 0) is 14.2 Å². The summed E-state index contributed by atoms with van der Waals surface area (Å²) in [6, 6.07) is 0. The highest BCUT2D eigenvalue weighted by molar-refractivity contribution is 4.92. The first-order chi connectivity index (χ1) is 10.2. The molecule has 0 aliphatic rings. The summed E-state index contributed by atoms with van der Waals surface area (Å²) in [5.74, 6) is 1.52. The molecule has 0 saturated heterocycles. The molecule has 3 heteroatoms. The van der Waals surface area contributed by atoms with Gasteiger partial charge in [0.2, 0.25) is 0 Å². The maximum atomic E-state index is 5.58. The Morgan fingerprint density at radius 3 is 1.48 bits per heavy atom. The standard InChI is InChI=1S/C18H34O3/c1-5-7-9-11-13-19-15-17(3)21-18(4)16-20-14-12-10-8-6-2/h15-16H,5-14H2,1-4H3. The molecule has 0 amide bonds. The van der Waals surface area contributed by atoms with Crippen molar-refractivity contribution in [2.45, 2.75) is 79.1 Å². The zero-order chi connectivity index (χ0) is 15.8. The van der Waals surface area contributed by atoms with Gasteiger partial charge in [-0.05, 0) is 26.7 Å². The average Bonchev–Trinajstić information content (AvgIpc) is 2.46. The van der Waals surface area contributed by atoms with Gasteiger partial charge in [-0.2, -0.15) is 0 Å². The summed E-state index contributed by atoms with van der Waals surface area (Å²) >= 11 is 0. The van der Waals surface area contributed by atoms with E-state index >= 15 is 0 Å². The van der Waals surface area contributed by atoms with Crippen LogP contribution in [-0.4, -0.2) is 13.2 Å². The van der Waals surface area contributed by atoms with Gasteiger partial charge in [0, 0.05) is 0 Å². The van der Waals surface area contributed by atoms with E-state index in [1.165, 1.54) is 38.5 Å². The van der Waals surface area contributed by atoms with E-state index in [9.17, 15) is 0 Å². The van der Waals surface area contributed by atoms with Crippen LogP contribution in [0.1, 0.15) is 79.1 Å². The van der Waals surface area contributed by atoms with E-state index in [1.54, 1.807) is 12.5 Å². The first-order valence-corrected chi connectivity index (χ1v) is 8.45. The lowest BCUT2D eigenvalue weighted by molar-refractivity contribution is 0.191. The molecule has 0 unspecified atom stereocenters. The smallest absolute Gasteiger partial charge is 0.135 e. The van der Waals surface area contributed by atoms with Crippen molar-refractivity contribution in [2.75, 3.05) is 13.2 Å². The van der Waals surface area contributed by atoms with Crippen molar-refractivity contribution in [1.82, 2.24) is 0 Å². The maximum absolute atomic E-state index is 5.58. The molecule has 0 bridgehead atoms. The Hall–Kier alpha value is -1.12. The quantitative estimate of drug-likeness (QED) is 0.294. The van der Waals surface area contributed by atoms with Gasteiger partial charge in [0.25, 0.3) is 0 Å². The second-order valence-corrected chi connectivity index (χ2v) is 5.42. The molecule has 0 fully saturated rings. The van der Waals surface area contributed by atoms with Gasteiger partial charge in [-0.15, -0.1) is 0 Å². The predicted molar refractivity (Wildman–Crippen MR) is 88.8 cm³/mol. The number of allylic oxidation sites excluding steroid dienone is 2. The molecule has 21 heavy (non-hydrogen) atoms. The van der Waals surface area contributed by atoms with E-state index in [2.05, 4.69) is 13.8 Å². The molecule has 0 N–H and O–H groups in total. The van der Waals surface area contributed by atoms with E-state index in [0.717, 1.165) is 37.6 Å². The molecule has 0 rings (SSSR count). The third-order valence-electron chi connectivity index (χ3n) is 3.05. The molecule has 0 atom stereocenters. The lowest BCUT2D eigenvalue weighted by Gasteiger charge is -2.07. The summed E-state index contributed by atoms with van der Waals surface area (Å²) in [7, 11) is 0. The van der Waals surface area contributed by atoms with Crippen LogP contribution in [0.25, 0.3) is 0 Å². The summed E-state index contributed by atoms with van der Waals surface area (Å²) < 4.78 is 16.5.